The van der Waals surface area contributed by atoms with Gasteiger partial charge in [0.2, 0.25) is 0 Å². The molecule has 1 heterocycles. The molecule has 0 spiro atoms. The number of ether oxygens (including phenoxy) is 1. The van der Waals surface area contributed by atoms with E-state index in [9.17, 15) is 4.79 Å². The molecule has 0 N–H and O–H groups in total. The first-order chi connectivity index (χ1) is 5.28. The molecule has 0 aromatic rings. The Balaban J connectivity index is 2.16. The highest BCUT2D eigenvalue weighted by molar-refractivity contribution is 5.85. The van der Waals surface area contributed by atoms with Crippen LogP contribution in [0.2, 0.25) is 0 Å². The molecule has 3 nitrogen and oxygen atoms in total. The first kappa shape index (κ1) is 5.59. The summed E-state index contributed by atoms with van der Waals surface area (Å²) in [6, 6.07) is 2.14. The van der Waals surface area contributed by atoms with Gasteiger partial charge in [0.1, 0.15) is 6.10 Å². The highest BCUT2D eigenvalue weighted by Gasteiger charge is 2.73. The minimum atomic E-state index is -0.713. The van der Waals surface area contributed by atoms with Crippen molar-refractivity contribution in [3.63, 3.8) is 0 Å². The van der Waals surface area contributed by atoms with Crippen LogP contribution in [0.15, 0.2) is 0 Å². The average Bonchev–Trinajstić information content (AvgIpc) is 2.56. The van der Waals surface area contributed by atoms with E-state index >= 15 is 0 Å². The Kier molecular flexibility index (Phi) is 0.657. The van der Waals surface area contributed by atoms with Crippen molar-refractivity contribution < 1.29 is 9.53 Å². The molecule has 56 valence electrons. The van der Waals surface area contributed by atoms with E-state index in [1.807, 2.05) is 0 Å². The number of carbonyl (C=O) groups is 1. The van der Waals surface area contributed by atoms with Crippen molar-refractivity contribution in [1.29, 1.82) is 5.26 Å². The largest absolute Gasteiger partial charge is 0.461 e. The van der Waals surface area contributed by atoms with Gasteiger partial charge in [-0.3, -0.25) is 4.79 Å². The van der Waals surface area contributed by atoms with E-state index in [0.717, 1.165) is 12.8 Å². The van der Waals surface area contributed by atoms with Gasteiger partial charge < -0.3 is 4.74 Å². The quantitative estimate of drug-likeness (QED) is 0.470. The molecule has 3 aliphatic carbocycles. The number of hydrogen-bond acceptors (Lipinski definition) is 3. The SMILES string of the molecule is N#CC12CC3CC1C3OC2=O. The number of rotatable bonds is 0. The Labute approximate surface area is 63.9 Å². The fraction of sp³-hybridized carbons (Fsp3) is 0.750. The van der Waals surface area contributed by atoms with Gasteiger partial charge in [0.05, 0.1) is 6.07 Å². The lowest BCUT2D eigenvalue weighted by Gasteiger charge is -2.30. The van der Waals surface area contributed by atoms with Crippen LogP contribution in [-0.2, 0) is 9.53 Å². The molecule has 4 aliphatic rings. The number of nitrogens with zero attached hydrogens (tertiary/aromatic N) is 1. The van der Waals surface area contributed by atoms with E-state index < -0.39 is 5.41 Å². The number of nitriles is 1. The van der Waals surface area contributed by atoms with Gasteiger partial charge in [-0.05, 0) is 18.8 Å². The molecule has 0 aromatic carbocycles. The molecular formula is C8H7NO2. The monoisotopic (exact) mass is 149 g/mol. The summed E-state index contributed by atoms with van der Waals surface area (Å²) in [4.78, 5) is 11.2. The predicted octanol–water partition coefficient (Wildman–Crippen LogP) is 0.462. The van der Waals surface area contributed by atoms with E-state index in [1.165, 1.54) is 0 Å². The van der Waals surface area contributed by atoms with Crippen molar-refractivity contribution in [2.45, 2.75) is 18.9 Å². The second kappa shape index (κ2) is 1.29. The fourth-order valence-corrected chi connectivity index (χ4v) is 2.79. The first-order valence-corrected chi connectivity index (χ1v) is 3.90. The molecule has 1 aliphatic heterocycles. The van der Waals surface area contributed by atoms with Gasteiger partial charge in [0.25, 0.3) is 0 Å². The Bertz CT molecular complexity index is 293. The van der Waals surface area contributed by atoms with Crippen LogP contribution in [0.3, 0.4) is 0 Å². The van der Waals surface area contributed by atoms with E-state index in [4.69, 9.17) is 10.00 Å². The zero-order valence-electron chi connectivity index (χ0n) is 5.91. The van der Waals surface area contributed by atoms with Crippen LogP contribution in [0.1, 0.15) is 12.8 Å². The normalized spacial score (nSPS) is 56.6. The minimum Gasteiger partial charge on any atom is -0.461 e. The highest BCUT2D eigenvalue weighted by Crippen LogP contribution is 2.65. The Morgan fingerprint density at radius 2 is 2.55 bits per heavy atom. The summed E-state index contributed by atoms with van der Waals surface area (Å²) in [5.74, 6) is 0.492. The third kappa shape index (κ3) is 0.355. The van der Waals surface area contributed by atoms with Crippen LogP contribution in [0.25, 0.3) is 0 Å². The average molecular weight is 149 g/mol. The summed E-state index contributed by atoms with van der Waals surface area (Å²) in [5.41, 5.74) is -0.713. The van der Waals surface area contributed by atoms with E-state index in [2.05, 4.69) is 6.07 Å². The third-order valence-electron chi connectivity index (χ3n) is 3.44. The molecule has 0 aromatic heterocycles. The van der Waals surface area contributed by atoms with E-state index in [1.54, 1.807) is 0 Å². The molecule has 0 radical (unpaired) electrons. The second-order valence-corrected chi connectivity index (χ2v) is 3.76. The lowest BCUT2D eigenvalue weighted by molar-refractivity contribution is -0.154. The predicted molar refractivity (Wildman–Crippen MR) is 34.1 cm³/mol. The maximum atomic E-state index is 11.2. The summed E-state index contributed by atoms with van der Waals surface area (Å²) in [6.07, 6.45) is 1.91. The maximum Gasteiger partial charge on any atom is 0.327 e. The van der Waals surface area contributed by atoms with Crippen LogP contribution in [0, 0.1) is 28.6 Å². The van der Waals surface area contributed by atoms with Crippen molar-refractivity contribution in [2.75, 3.05) is 0 Å². The number of esters is 1. The molecule has 4 rings (SSSR count). The van der Waals surface area contributed by atoms with Crippen molar-refractivity contribution in [1.82, 2.24) is 0 Å². The molecular weight excluding hydrogens is 142 g/mol. The van der Waals surface area contributed by atoms with Gasteiger partial charge in [-0.1, -0.05) is 0 Å². The van der Waals surface area contributed by atoms with Crippen molar-refractivity contribution >= 4 is 5.97 Å². The molecule has 0 amide bonds. The Morgan fingerprint density at radius 3 is 3.00 bits per heavy atom. The van der Waals surface area contributed by atoms with Gasteiger partial charge in [-0.15, -0.1) is 0 Å². The summed E-state index contributed by atoms with van der Waals surface area (Å²) in [6.45, 7) is 0. The molecule has 3 heteroatoms. The summed E-state index contributed by atoms with van der Waals surface area (Å²) in [5, 5.41) is 8.86. The summed E-state index contributed by atoms with van der Waals surface area (Å²) < 4.78 is 5.06. The molecule has 4 fully saturated rings. The first-order valence-electron chi connectivity index (χ1n) is 3.90. The molecule has 4 unspecified atom stereocenters. The Morgan fingerprint density at radius 1 is 1.73 bits per heavy atom. The topological polar surface area (TPSA) is 50.1 Å². The molecule has 4 bridgehead atoms. The van der Waals surface area contributed by atoms with Gasteiger partial charge in [-0.2, -0.15) is 5.26 Å². The van der Waals surface area contributed by atoms with Crippen molar-refractivity contribution in [3.05, 3.63) is 0 Å². The summed E-state index contributed by atoms with van der Waals surface area (Å²) >= 11 is 0. The van der Waals surface area contributed by atoms with E-state index in [0.29, 0.717) is 5.92 Å². The molecule has 1 saturated heterocycles. The van der Waals surface area contributed by atoms with Crippen molar-refractivity contribution in [2.24, 2.45) is 17.3 Å². The van der Waals surface area contributed by atoms with E-state index in [-0.39, 0.29) is 18.0 Å². The zero-order chi connectivity index (χ0) is 7.64. The third-order valence-corrected chi connectivity index (χ3v) is 3.44. The second-order valence-electron chi connectivity index (χ2n) is 3.76. The van der Waals surface area contributed by atoms with Crippen LogP contribution >= 0.6 is 0 Å². The standard InChI is InChI=1S/C8H7NO2/c9-3-8-2-4-1-5(8)6(4)11-7(8)10/h4-6H,1-2H2. The lowest BCUT2D eigenvalue weighted by atomic mass is 9.76. The van der Waals surface area contributed by atoms with Gasteiger partial charge in [-0.25, -0.2) is 0 Å². The van der Waals surface area contributed by atoms with Gasteiger partial charge in [0.15, 0.2) is 5.41 Å². The van der Waals surface area contributed by atoms with Crippen LogP contribution < -0.4 is 0 Å². The van der Waals surface area contributed by atoms with Gasteiger partial charge >= 0.3 is 5.97 Å². The smallest absolute Gasteiger partial charge is 0.327 e. The van der Waals surface area contributed by atoms with Crippen molar-refractivity contribution in [3.8, 4) is 6.07 Å². The molecule has 4 atom stereocenters. The lowest BCUT2D eigenvalue weighted by Crippen LogP contribution is -2.33. The Hall–Kier alpha value is -1.04. The number of carbonyl (C=O) groups excluding carboxylic acids is 1. The van der Waals surface area contributed by atoms with Crippen LogP contribution in [0.4, 0.5) is 0 Å². The zero-order valence-corrected chi connectivity index (χ0v) is 5.91. The van der Waals surface area contributed by atoms with Crippen LogP contribution in [-0.4, -0.2) is 12.1 Å². The molecule has 3 saturated carbocycles. The van der Waals surface area contributed by atoms with Crippen LogP contribution in [0.5, 0.6) is 0 Å². The molecule has 11 heavy (non-hydrogen) atoms. The highest BCUT2D eigenvalue weighted by atomic mass is 16.6. The fourth-order valence-electron chi connectivity index (χ4n) is 2.79. The maximum absolute atomic E-state index is 11.2. The number of hydrogen-bond donors (Lipinski definition) is 0. The van der Waals surface area contributed by atoms with Gasteiger partial charge in [0, 0.05) is 5.92 Å². The minimum absolute atomic E-state index is 0.113. The summed E-state index contributed by atoms with van der Waals surface area (Å²) in [7, 11) is 0.